The van der Waals surface area contributed by atoms with E-state index in [-0.39, 0.29) is 46.8 Å². The van der Waals surface area contributed by atoms with Crippen molar-refractivity contribution in [3.05, 3.63) is 77.9 Å². The van der Waals surface area contributed by atoms with Crippen molar-refractivity contribution in [2.24, 2.45) is 35.5 Å². The summed E-state index contributed by atoms with van der Waals surface area (Å²) in [7, 11) is 0. The van der Waals surface area contributed by atoms with Gasteiger partial charge in [-0.25, -0.2) is 4.79 Å². The van der Waals surface area contributed by atoms with E-state index in [1.807, 2.05) is 6.07 Å². The van der Waals surface area contributed by atoms with Crippen LogP contribution in [0.5, 0.6) is 0 Å². The van der Waals surface area contributed by atoms with Crippen LogP contribution in [0.25, 0.3) is 0 Å². The van der Waals surface area contributed by atoms with Gasteiger partial charge >= 0.3 is 5.97 Å². The summed E-state index contributed by atoms with van der Waals surface area (Å²) >= 11 is 0. The fourth-order valence-electron chi connectivity index (χ4n) is 6.08. The Labute approximate surface area is 191 Å². The predicted molar refractivity (Wildman–Crippen MR) is 119 cm³/mol. The van der Waals surface area contributed by atoms with Gasteiger partial charge in [0.15, 0.2) is 6.10 Å². The van der Waals surface area contributed by atoms with Crippen LogP contribution >= 0.6 is 0 Å². The number of benzene rings is 2. The molecule has 2 saturated carbocycles. The smallest absolute Gasteiger partial charge is 0.338 e. The number of esters is 1. The van der Waals surface area contributed by atoms with Gasteiger partial charge in [-0.2, -0.15) is 0 Å². The molecule has 6 heteroatoms. The predicted octanol–water partition coefficient (Wildman–Crippen LogP) is 3.67. The highest BCUT2D eigenvalue weighted by Crippen LogP contribution is 2.65. The Bertz CT molecular complexity index is 1160. The molecule has 7 rings (SSSR count). The number of anilines is 1. The maximum Gasteiger partial charge on any atom is 0.338 e. The summed E-state index contributed by atoms with van der Waals surface area (Å²) in [6, 6.07) is 14.9. The molecule has 2 amide bonds. The van der Waals surface area contributed by atoms with Crippen LogP contribution in [0.15, 0.2) is 66.7 Å². The lowest BCUT2D eigenvalue weighted by molar-refractivity contribution is -0.124. The molecule has 0 aromatic heterocycles. The van der Waals surface area contributed by atoms with Crippen molar-refractivity contribution in [3.63, 3.8) is 0 Å². The molecule has 7 atom stereocenters. The maximum absolute atomic E-state index is 13.2. The summed E-state index contributed by atoms with van der Waals surface area (Å²) in [5, 5.41) is 0. The van der Waals surface area contributed by atoms with Crippen LogP contribution in [0.2, 0.25) is 0 Å². The topological polar surface area (TPSA) is 80.8 Å². The van der Waals surface area contributed by atoms with Gasteiger partial charge in [-0.05, 0) is 61.3 Å². The second-order valence-corrected chi connectivity index (χ2v) is 9.49. The zero-order valence-corrected chi connectivity index (χ0v) is 18.1. The molecule has 2 aromatic rings. The Morgan fingerprint density at radius 1 is 0.848 bits per heavy atom. The van der Waals surface area contributed by atoms with E-state index in [0.717, 1.165) is 6.42 Å². The van der Waals surface area contributed by atoms with Crippen molar-refractivity contribution in [1.82, 2.24) is 0 Å². The van der Waals surface area contributed by atoms with Gasteiger partial charge in [-0.3, -0.25) is 19.3 Å². The zero-order chi connectivity index (χ0) is 22.9. The normalized spacial score (nSPS) is 31.7. The average molecular weight is 441 g/mol. The van der Waals surface area contributed by atoms with Crippen LogP contribution in [0.1, 0.15) is 34.1 Å². The summed E-state index contributed by atoms with van der Waals surface area (Å²) < 4.78 is 5.35. The van der Waals surface area contributed by atoms with E-state index in [2.05, 4.69) is 12.2 Å². The maximum atomic E-state index is 13.2. The summed E-state index contributed by atoms with van der Waals surface area (Å²) in [6.45, 7) is 1.54. The Morgan fingerprint density at radius 2 is 1.42 bits per heavy atom. The molecule has 6 nitrogen and oxygen atoms in total. The van der Waals surface area contributed by atoms with Crippen molar-refractivity contribution < 1.29 is 23.9 Å². The first-order valence-electron chi connectivity index (χ1n) is 11.4. The Balaban J connectivity index is 1.17. The fourth-order valence-corrected chi connectivity index (χ4v) is 6.08. The molecule has 166 valence electrons. The van der Waals surface area contributed by atoms with Gasteiger partial charge in [-0.15, -0.1) is 0 Å². The quantitative estimate of drug-likeness (QED) is 0.306. The van der Waals surface area contributed by atoms with E-state index in [1.165, 1.54) is 24.0 Å². The molecule has 2 aromatic carbocycles. The second-order valence-electron chi connectivity index (χ2n) is 9.49. The first-order valence-corrected chi connectivity index (χ1v) is 11.4. The van der Waals surface area contributed by atoms with Crippen molar-refractivity contribution >= 4 is 29.3 Å². The number of ether oxygens (including phenoxy) is 1. The molecule has 0 spiro atoms. The number of nitrogens with zero attached hydrogens (tertiary/aromatic N) is 1. The van der Waals surface area contributed by atoms with Gasteiger partial charge in [-0.1, -0.05) is 42.5 Å². The molecule has 0 N–H and O–H groups in total. The monoisotopic (exact) mass is 441 g/mol. The second kappa shape index (κ2) is 7.24. The number of amides is 2. The highest BCUT2D eigenvalue weighted by atomic mass is 16.5. The highest BCUT2D eigenvalue weighted by molar-refractivity contribution is 6.22. The van der Waals surface area contributed by atoms with Crippen molar-refractivity contribution in [1.29, 1.82) is 0 Å². The number of hydrogen-bond donors (Lipinski definition) is 0. The average Bonchev–Trinajstić information content (AvgIpc) is 3.62. The van der Waals surface area contributed by atoms with Crippen LogP contribution in [-0.4, -0.2) is 29.7 Å². The summed E-state index contributed by atoms with van der Waals surface area (Å²) in [5.74, 6) is -0.248. The molecule has 1 saturated heterocycles. The van der Waals surface area contributed by atoms with Gasteiger partial charge in [0.25, 0.3) is 0 Å². The minimum Gasteiger partial charge on any atom is -0.451 e. The number of Topliss-reactive ketones (excluding diaryl/α,β-unsaturated/α-hetero) is 1. The molecule has 0 radical (unpaired) electrons. The van der Waals surface area contributed by atoms with E-state index in [0.29, 0.717) is 23.1 Å². The summed E-state index contributed by atoms with van der Waals surface area (Å²) in [6.07, 6.45) is 4.48. The number of hydrogen-bond acceptors (Lipinski definition) is 5. The minimum absolute atomic E-state index is 0.132. The van der Waals surface area contributed by atoms with Crippen LogP contribution in [-0.2, 0) is 14.3 Å². The number of imide groups is 1. The Hall–Kier alpha value is -3.54. The molecule has 5 aliphatic rings. The molecular weight excluding hydrogens is 418 g/mol. The van der Waals surface area contributed by atoms with Crippen LogP contribution in [0.3, 0.4) is 0 Å². The lowest BCUT2D eigenvalue weighted by Crippen LogP contribution is -2.40. The molecule has 33 heavy (non-hydrogen) atoms. The first-order chi connectivity index (χ1) is 16.0. The standard InChI is InChI=1S/C27H23NO5/c1-14(24(29)15-5-3-2-4-6-15)33-27(32)16-7-9-17(10-8-16)28-25(30)22-18-11-12-19(21-13-20(18)21)23(22)26(28)31/h2-12,14,18-23H,13H2,1H3/t14-,18+,19+,20+,21+,22-,23-/m0/s1. The van der Waals surface area contributed by atoms with E-state index < -0.39 is 12.1 Å². The largest absolute Gasteiger partial charge is 0.451 e. The lowest BCUT2D eigenvalue weighted by atomic mass is 9.63. The molecule has 3 fully saturated rings. The third-order valence-corrected chi connectivity index (χ3v) is 7.74. The third-order valence-electron chi connectivity index (χ3n) is 7.74. The Morgan fingerprint density at radius 3 is 2.00 bits per heavy atom. The molecule has 1 aliphatic heterocycles. The van der Waals surface area contributed by atoms with Gasteiger partial charge in [0.05, 0.1) is 23.1 Å². The third kappa shape index (κ3) is 3.00. The van der Waals surface area contributed by atoms with Crippen molar-refractivity contribution in [2.45, 2.75) is 19.4 Å². The van der Waals surface area contributed by atoms with E-state index in [4.69, 9.17) is 4.74 Å². The van der Waals surface area contributed by atoms with Crippen LogP contribution in [0.4, 0.5) is 5.69 Å². The van der Waals surface area contributed by atoms with Crippen molar-refractivity contribution in [3.8, 4) is 0 Å². The first kappa shape index (κ1) is 20.1. The van der Waals surface area contributed by atoms with Gasteiger partial charge < -0.3 is 4.74 Å². The van der Waals surface area contributed by atoms with Gasteiger partial charge in [0.1, 0.15) is 0 Å². The van der Waals surface area contributed by atoms with Gasteiger partial charge in [0.2, 0.25) is 17.6 Å². The molecule has 2 bridgehead atoms. The minimum atomic E-state index is -0.932. The Kier molecular flexibility index (Phi) is 4.41. The summed E-state index contributed by atoms with van der Waals surface area (Å²) in [4.78, 5) is 52.8. The summed E-state index contributed by atoms with van der Waals surface area (Å²) in [5.41, 5.74) is 1.20. The molecular formula is C27H23NO5. The van der Waals surface area contributed by atoms with Crippen molar-refractivity contribution in [2.75, 3.05) is 4.90 Å². The number of rotatable bonds is 5. The SMILES string of the molecule is C[C@H](OC(=O)c1ccc(N2C(=O)[C@H]3[C@@H]4C=C[C@H]([C@H]5C[C@H]45)[C@@H]3C2=O)cc1)C(=O)c1ccccc1. The van der Waals surface area contributed by atoms with E-state index in [1.54, 1.807) is 36.4 Å². The molecule has 4 aliphatic carbocycles. The number of allylic oxidation sites excluding steroid dienone is 2. The van der Waals surface area contributed by atoms with Crippen LogP contribution in [0, 0.1) is 35.5 Å². The number of ketones is 1. The molecule has 1 heterocycles. The van der Waals surface area contributed by atoms with E-state index in [9.17, 15) is 19.2 Å². The lowest BCUT2D eigenvalue weighted by Gasteiger charge is -2.37. The van der Waals surface area contributed by atoms with E-state index >= 15 is 0 Å². The number of carbonyl (C=O) groups excluding carboxylic acids is 4. The molecule has 0 unspecified atom stereocenters. The van der Waals surface area contributed by atoms with Crippen LogP contribution < -0.4 is 4.90 Å². The fraction of sp³-hybridized carbons (Fsp3) is 0.333. The zero-order valence-electron chi connectivity index (χ0n) is 18.1. The van der Waals surface area contributed by atoms with Gasteiger partial charge in [0, 0.05) is 5.56 Å². The number of carbonyl (C=O) groups is 4. The highest BCUT2D eigenvalue weighted by Gasteiger charge is 2.67.